The summed E-state index contributed by atoms with van der Waals surface area (Å²) in [6.07, 6.45) is 0.825. The van der Waals surface area contributed by atoms with E-state index in [0.29, 0.717) is 5.69 Å². The summed E-state index contributed by atoms with van der Waals surface area (Å²) in [5.41, 5.74) is 0.531. The van der Waals surface area contributed by atoms with Gasteiger partial charge in [0, 0.05) is 5.69 Å². The Balaban J connectivity index is 2.56. The molecule has 1 aromatic rings. The van der Waals surface area contributed by atoms with Crippen molar-refractivity contribution in [1.29, 1.82) is 0 Å². The largest absolute Gasteiger partial charge is 0.411 e. The van der Waals surface area contributed by atoms with E-state index in [-0.39, 0.29) is 0 Å². The fourth-order valence-electron chi connectivity index (χ4n) is 1.12. The van der Waals surface area contributed by atoms with Crippen molar-refractivity contribution < 1.29 is 18.4 Å². The highest BCUT2D eigenvalue weighted by molar-refractivity contribution is 7.92. The summed E-state index contributed by atoms with van der Waals surface area (Å²) >= 11 is 0. The number of rotatable bonds is 5. The molecule has 0 aliphatic heterocycles. The number of carbonyl (C=O) groups is 1. The molecule has 0 bridgehead atoms. The Morgan fingerprint density at radius 1 is 1.35 bits per heavy atom. The summed E-state index contributed by atoms with van der Waals surface area (Å²) in [5, 5.41) is 13.1. The molecule has 0 saturated heterocycles. The number of hydrogen-bond acceptors (Lipinski definition) is 5. The summed E-state index contributed by atoms with van der Waals surface area (Å²) in [4.78, 5) is 11.4. The van der Waals surface area contributed by atoms with E-state index in [9.17, 15) is 13.2 Å². The van der Waals surface area contributed by atoms with Crippen molar-refractivity contribution in [3.63, 3.8) is 0 Å². The lowest BCUT2D eigenvalue weighted by Crippen LogP contribution is -2.25. The second kappa shape index (κ2) is 6.00. The second-order valence-electron chi connectivity index (χ2n) is 3.27. The van der Waals surface area contributed by atoms with Gasteiger partial charge in [0.15, 0.2) is 9.84 Å². The highest BCUT2D eigenvalue weighted by atomic mass is 32.2. The fourth-order valence-corrected chi connectivity index (χ4v) is 2.01. The number of amides is 1. The van der Waals surface area contributed by atoms with Gasteiger partial charge < -0.3 is 10.5 Å². The van der Waals surface area contributed by atoms with Crippen LogP contribution in [0.2, 0.25) is 0 Å². The lowest BCUT2D eigenvalue weighted by Gasteiger charge is -2.04. The van der Waals surface area contributed by atoms with E-state index in [1.807, 2.05) is 0 Å². The van der Waals surface area contributed by atoms with Crippen molar-refractivity contribution in [2.45, 2.75) is 0 Å². The first-order valence-corrected chi connectivity index (χ1v) is 6.57. The summed E-state index contributed by atoms with van der Waals surface area (Å²) < 4.78 is 22.7. The van der Waals surface area contributed by atoms with Gasteiger partial charge in [-0.3, -0.25) is 4.79 Å². The van der Waals surface area contributed by atoms with Crippen molar-refractivity contribution in [2.24, 2.45) is 5.16 Å². The second-order valence-corrected chi connectivity index (χ2v) is 5.38. The fraction of sp³-hybridized carbons (Fsp3) is 0.200. The normalized spacial score (nSPS) is 11.5. The topological polar surface area (TPSA) is 95.8 Å². The van der Waals surface area contributed by atoms with Gasteiger partial charge in [-0.1, -0.05) is 18.2 Å². The number of benzene rings is 1. The van der Waals surface area contributed by atoms with Crippen LogP contribution in [0, 0.1) is 0 Å². The van der Waals surface area contributed by atoms with Crippen LogP contribution in [0.15, 0.2) is 35.5 Å². The van der Waals surface area contributed by atoms with Gasteiger partial charge in [-0.05, 0) is 12.1 Å². The molecule has 7 heteroatoms. The molecule has 92 valence electrons. The van der Waals surface area contributed by atoms with Crippen LogP contribution in [0.3, 0.4) is 0 Å². The molecule has 0 aliphatic rings. The maximum Gasteiger partial charge on any atom is 0.239 e. The van der Waals surface area contributed by atoms with Crippen molar-refractivity contribution in [3.05, 3.63) is 30.3 Å². The number of para-hydroxylation sites is 1. The molecule has 0 aromatic heterocycles. The highest BCUT2D eigenvalue weighted by Crippen LogP contribution is 2.05. The van der Waals surface area contributed by atoms with Crippen molar-refractivity contribution in [3.8, 4) is 0 Å². The third-order valence-electron chi connectivity index (χ3n) is 1.82. The number of anilines is 1. The Labute approximate surface area is 98.9 Å². The molecule has 1 aromatic carbocycles. The smallest absolute Gasteiger partial charge is 0.239 e. The molecule has 0 aliphatic carbocycles. The van der Waals surface area contributed by atoms with Gasteiger partial charge in [0.2, 0.25) is 5.91 Å². The lowest BCUT2D eigenvalue weighted by molar-refractivity contribution is -0.113. The molecule has 1 rings (SSSR count). The van der Waals surface area contributed by atoms with E-state index in [1.54, 1.807) is 30.3 Å². The van der Waals surface area contributed by atoms with Crippen LogP contribution in [0.25, 0.3) is 0 Å². The average Bonchev–Trinajstić information content (AvgIpc) is 2.27. The Morgan fingerprint density at radius 3 is 2.59 bits per heavy atom. The Bertz CT molecular complexity index is 496. The number of nitrogens with one attached hydrogen (secondary N) is 1. The molecule has 0 heterocycles. The van der Waals surface area contributed by atoms with Gasteiger partial charge in [0.25, 0.3) is 0 Å². The third-order valence-corrected chi connectivity index (χ3v) is 3.18. The van der Waals surface area contributed by atoms with Gasteiger partial charge >= 0.3 is 0 Å². The van der Waals surface area contributed by atoms with Crippen LogP contribution in [0.5, 0.6) is 0 Å². The van der Waals surface area contributed by atoms with Crippen LogP contribution in [0.1, 0.15) is 0 Å². The van der Waals surface area contributed by atoms with E-state index < -0.39 is 27.3 Å². The molecule has 0 fully saturated rings. The zero-order valence-corrected chi connectivity index (χ0v) is 9.72. The van der Waals surface area contributed by atoms with Crippen molar-refractivity contribution in [1.82, 2.24) is 0 Å². The van der Waals surface area contributed by atoms with Gasteiger partial charge in [-0.25, -0.2) is 8.42 Å². The molecule has 6 nitrogen and oxygen atoms in total. The first kappa shape index (κ1) is 13.2. The zero-order chi connectivity index (χ0) is 12.7. The average molecular weight is 256 g/mol. The molecule has 0 radical (unpaired) electrons. The van der Waals surface area contributed by atoms with Gasteiger partial charge in [-0.2, -0.15) is 0 Å². The summed E-state index contributed by atoms with van der Waals surface area (Å²) in [5.74, 6) is -1.73. The van der Waals surface area contributed by atoms with Crippen LogP contribution in [-0.4, -0.2) is 37.3 Å². The van der Waals surface area contributed by atoms with Gasteiger partial charge in [0.1, 0.15) is 5.75 Å². The standard InChI is InChI=1S/C10H12N2O4S/c13-10(8-17(15,16)7-6-11-14)12-9-4-2-1-3-5-9/h1-6,14H,7-8H2,(H,12,13)/b11-6+. The van der Waals surface area contributed by atoms with Crippen molar-refractivity contribution >= 4 is 27.6 Å². The maximum atomic E-state index is 11.4. The number of carbonyl (C=O) groups excluding carboxylic acids is 1. The van der Waals surface area contributed by atoms with Crippen LogP contribution < -0.4 is 5.32 Å². The molecule has 0 unspecified atom stereocenters. The summed E-state index contributed by atoms with van der Waals surface area (Å²) in [6, 6.07) is 8.54. The Morgan fingerprint density at radius 2 is 2.00 bits per heavy atom. The van der Waals surface area contributed by atoms with Crippen LogP contribution in [0.4, 0.5) is 5.69 Å². The number of hydrogen-bond donors (Lipinski definition) is 2. The minimum absolute atomic E-state index is 0.467. The van der Waals surface area contributed by atoms with E-state index in [1.165, 1.54) is 0 Å². The monoisotopic (exact) mass is 256 g/mol. The van der Waals surface area contributed by atoms with E-state index in [4.69, 9.17) is 5.21 Å². The zero-order valence-electron chi connectivity index (χ0n) is 8.91. The van der Waals surface area contributed by atoms with Gasteiger partial charge in [-0.15, -0.1) is 5.16 Å². The maximum absolute atomic E-state index is 11.4. The molecular weight excluding hydrogens is 244 g/mol. The molecule has 0 spiro atoms. The molecule has 0 atom stereocenters. The summed E-state index contributed by atoms with van der Waals surface area (Å²) in [7, 11) is -3.58. The van der Waals surface area contributed by atoms with Crippen molar-refractivity contribution in [2.75, 3.05) is 16.8 Å². The van der Waals surface area contributed by atoms with Crippen LogP contribution in [-0.2, 0) is 14.6 Å². The number of oxime groups is 1. The Hall–Kier alpha value is -1.89. The Kier molecular flexibility index (Phi) is 4.65. The van der Waals surface area contributed by atoms with E-state index >= 15 is 0 Å². The quantitative estimate of drug-likeness (QED) is 0.455. The minimum Gasteiger partial charge on any atom is -0.411 e. The SMILES string of the molecule is O=C(CS(=O)(=O)C/C=N/O)Nc1ccccc1. The minimum atomic E-state index is -3.58. The van der Waals surface area contributed by atoms with E-state index in [2.05, 4.69) is 10.5 Å². The van der Waals surface area contributed by atoms with Gasteiger partial charge in [0.05, 0.1) is 12.0 Å². The van der Waals surface area contributed by atoms with E-state index in [0.717, 1.165) is 6.21 Å². The number of sulfone groups is 1. The lowest BCUT2D eigenvalue weighted by atomic mass is 10.3. The molecule has 2 N–H and O–H groups in total. The third kappa shape index (κ3) is 5.12. The first-order chi connectivity index (χ1) is 8.03. The number of nitrogens with zero attached hydrogens (tertiary/aromatic N) is 1. The highest BCUT2D eigenvalue weighted by Gasteiger charge is 2.15. The molecule has 1 amide bonds. The predicted octanol–water partition coefficient (Wildman–Crippen LogP) is 0.500. The first-order valence-electron chi connectivity index (χ1n) is 4.75. The molecular formula is C10H12N2O4S. The molecule has 0 saturated carbocycles. The predicted molar refractivity (Wildman–Crippen MR) is 64.0 cm³/mol. The molecule has 17 heavy (non-hydrogen) atoms. The van der Waals surface area contributed by atoms with Crippen LogP contribution >= 0.6 is 0 Å². The summed E-state index contributed by atoms with van der Waals surface area (Å²) in [6.45, 7) is 0.